The Kier molecular flexibility index (Phi) is 6.17. The number of hydrogen-bond donors (Lipinski definition) is 0. The Morgan fingerprint density at radius 2 is 1.72 bits per heavy atom. The first-order valence-corrected chi connectivity index (χ1v) is 11.1. The van der Waals surface area contributed by atoms with Crippen molar-refractivity contribution in [2.75, 3.05) is 16.9 Å². The van der Waals surface area contributed by atoms with E-state index in [1.807, 2.05) is 89.5 Å². The second kappa shape index (κ2) is 9.03. The van der Waals surface area contributed by atoms with Crippen LogP contribution in [0.15, 0.2) is 78.6 Å². The lowest BCUT2D eigenvalue weighted by Crippen LogP contribution is -2.48. The molecule has 0 spiro atoms. The van der Waals surface area contributed by atoms with Crippen molar-refractivity contribution in [2.24, 2.45) is 11.8 Å². The van der Waals surface area contributed by atoms with Gasteiger partial charge in [0, 0.05) is 24.3 Å². The maximum atomic E-state index is 14.1. The molecule has 4 rings (SSSR count). The number of hydrogen-bond acceptors (Lipinski definition) is 3. The first-order chi connectivity index (χ1) is 15.4. The predicted octanol–water partition coefficient (Wildman–Crippen LogP) is 5.26. The minimum absolute atomic E-state index is 0.0126. The number of allylic oxidation sites excluding steroid dienone is 2. The van der Waals surface area contributed by atoms with Crippen molar-refractivity contribution in [1.82, 2.24) is 0 Å². The minimum Gasteiger partial charge on any atom is -0.497 e. The maximum absolute atomic E-state index is 14.1. The zero-order valence-corrected chi connectivity index (χ0v) is 19.1. The number of benzene rings is 2. The Hall–Kier alpha value is -3.34. The lowest BCUT2D eigenvalue weighted by molar-refractivity contribution is -0.122. The molecule has 0 aromatic heterocycles. The maximum Gasteiger partial charge on any atom is 0.235 e. The number of rotatable bonds is 4. The zero-order valence-electron chi connectivity index (χ0n) is 19.1. The van der Waals surface area contributed by atoms with E-state index >= 15 is 0 Å². The van der Waals surface area contributed by atoms with Crippen LogP contribution in [-0.4, -0.2) is 25.0 Å². The quantitative estimate of drug-likeness (QED) is 0.665. The summed E-state index contributed by atoms with van der Waals surface area (Å²) in [6.07, 6.45) is 6.49. The first-order valence-electron chi connectivity index (χ1n) is 11.1. The molecule has 5 heteroatoms. The fourth-order valence-electron chi connectivity index (χ4n) is 4.95. The highest BCUT2D eigenvalue weighted by Gasteiger charge is 2.40. The van der Waals surface area contributed by atoms with Gasteiger partial charge in [0.25, 0.3) is 0 Å². The van der Waals surface area contributed by atoms with Crippen molar-refractivity contribution >= 4 is 23.2 Å². The van der Waals surface area contributed by atoms with Crippen molar-refractivity contribution in [3.8, 4) is 0 Å². The van der Waals surface area contributed by atoms with Crippen molar-refractivity contribution < 1.29 is 14.3 Å². The summed E-state index contributed by atoms with van der Waals surface area (Å²) in [5.41, 5.74) is 2.74. The molecule has 0 N–H and O–H groups in total. The standard InChI is InChI=1S/C27H30N2O3/c1-18-16-22(32-4)14-15-23(18)27(31)29(21-10-6-5-7-11-21)26-17-19(2)28(20(3)30)25-13-9-8-12-24(25)26/h5-16,18-19,23,26H,17H2,1-4H3. The number of nitrogens with zero attached hydrogens (tertiary/aromatic N) is 2. The van der Waals surface area contributed by atoms with Crippen molar-refractivity contribution in [2.45, 2.75) is 39.3 Å². The Morgan fingerprint density at radius 3 is 2.38 bits per heavy atom. The van der Waals surface area contributed by atoms with Crippen LogP contribution in [0.4, 0.5) is 11.4 Å². The van der Waals surface area contributed by atoms with Crippen LogP contribution in [0.2, 0.25) is 0 Å². The largest absolute Gasteiger partial charge is 0.497 e. The van der Waals surface area contributed by atoms with Crippen LogP contribution in [0, 0.1) is 11.8 Å². The van der Waals surface area contributed by atoms with Crippen LogP contribution < -0.4 is 9.80 Å². The molecule has 2 amide bonds. The summed E-state index contributed by atoms with van der Waals surface area (Å²) in [5.74, 6) is 0.569. The van der Waals surface area contributed by atoms with Gasteiger partial charge in [-0.25, -0.2) is 0 Å². The molecule has 5 nitrogen and oxygen atoms in total. The smallest absolute Gasteiger partial charge is 0.235 e. The number of ether oxygens (including phenoxy) is 1. The molecule has 0 saturated carbocycles. The summed E-state index contributed by atoms with van der Waals surface area (Å²) < 4.78 is 5.36. The molecule has 0 radical (unpaired) electrons. The summed E-state index contributed by atoms with van der Waals surface area (Å²) in [4.78, 5) is 30.3. The minimum atomic E-state index is -0.289. The van der Waals surface area contributed by atoms with E-state index in [1.54, 1.807) is 14.0 Å². The molecule has 32 heavy (non-hydrogen) atoms. The highest BCUT2D eigenvalue weighted by atomic mass is 16.5. The first kappa shape index (κ1) is 21.9. The molecule has 1 heterocycles. The molecule has 0 bridgehead atoms. The van der Waals surface area contributed by atoms with Crippen LogP contribution in [0.5, 0.6) is 0 Å². The molecule has 2 aliphatic rings. The van der Waals surface area contributed by atoms with Crippen LogP contribution in [-0.2, 0) is 14.3 Å². The fraction of sp³-hybridized carbons (Fsp3) is 0.333. The van der Waals surface area contributed by atoms with E-state index in [-0.39, 0.29) is 35.7 Å². The Morgan fingerprint density at radius 1 is 1.03 bits per heavy atom. The fourth-order valence-corrected chi connectivity index (χ4v) is 4.95. The molecule has 1 aliphatic heterocycles. The van der Waals surface area contributed by atoms with Crippen LogP contribution in [0.3, 0.4) is 0 Å². The van der Waals surface area contributed by atoms with Gasteiger partial charge in [0.1, 0.15) is 5.76 Å². The van der Waals surface area contributed by atoms with Gasteiger partial charge in [-0.2, -0.15) is 0 Å². The van der Waals surface area contributed by atoms with E-state index in [1.165, 1.54) is 0 Å². The number of methoxy groups -OCH3 is 1. The Bertz CT molecular complexity index is 1060. The number of anilines is 2. The van der Waals surface area contributed by atoms with Crippen LogP contribution in [0.25, 0.3) is 0 Å². The molecule has 166 valence electrons. The number of amides is 2. The molecule has 2 aromatic rings. The molecule has 4 atom stereocenters. The molecule has 4 unspecified atom stereocenters. The van der Waals surface area contributed by atoms with Crippen LogP contribution in [0.1, 0.15) is 38.8 Å². The number of carbonyl (C=O) groups excluding carboxylic acids is 2. The van der Waals surface area contributed by atoms with Crippen molar-refractivity contribution in [1.29, 1.82) is 0 Å². The van der Waals surface area contributed by atoms with Gasteiger partial charge in [0.15, 0.2) is 0 Å². The molecular formula is C27H30N2O3. The van der Waals surface area contributed by atoms with Gasteiger partial charge >= 0.3 is 0 Å². The van der Waals surface area contributed by atoms with Crippen molar-refractivity contribution in [3.63, 3.8) is 0 Å². The van der Waals surface area contributed by atoms with Crippen molar-refractivity contribution in [3.05, 3.63) is 84.1 Å². The topological polar surface area (TPSA) is 49.9 Å². The normalized spacial score (nSPS) is 24.4. The van der Waals surface area contributed by atoms with Crippen LogP contribution >= 0.6 is 0 Å². The summed E-state index contributed by atoms with van der Waals surface area (Å²) in [5, 5.41) is 0. The molecule has 2 aromatic carbocycles. The summed E-state index contributed by atoms with van der Waals surface area (Å²) in [7, 11) is 1.64. The van der Waals surface area contributed by atoms with E-state index in [0.717, 1.165) is 22.7 Å². The average Bonchev–Trinajstić information content (AvgIpc) is 2.79. The number of fused-ring (bicyclic) bond motifs is 1. The van der Waals surface area contributed by atoms with Gasteiger partial charge in [0.2, 0.25) is 11.8 Å². The highest BCUT2D eigenvalue weighted by molar-refractivity contribution is 5.99. The SMILES string of the molecule is COC1=CC(C)C(C(=O)N(c2ccccc2)C2CC(C)N(C(C)=O)c3ccccc32)C=C1. The summed E-state index contributed by atoms with van der Waals surface area (Å²) >= 11 is 0. The van der Waals surface area contributed by atoms with Gasteiger partial charge in [0.05, 0.1) is 19.1 Å². The predicted molar refractivity (Wildman–Crippen MR) is 127 cm³/mol. The van der Waals surface area contributed by atoms with Gasteiger partial charge in [-0.05, 0) is 55.2 Å². The van der Waals surface area contributed by atoms with Gasteiger partial charge < -0.3 is 14.5 Å². The second-order valence-electron chi connectivity index (χ2n) is 8.61. The molecule has 0 fully saturated rings. The second-order valence-corrected chi connectivity index (χ2v) is 8.61. The molecule has 1 aliphatic carbocycles. The monoisotopic (exact) mass is 430 g/mol. The van der Waals surface area contributed by atoms with E-state index < -0.39 is 0 Å². The average molecular weight is 431 g/mol. The van der Waals surface area contributed by atoms with E-state index in [4.69, 9.17) is 4.74 Å². The zero-order chi connectivity index (χ0) is 22.8. The van der Waals surface area contributed by atoms with Gasteiger partial charge in [-0.3, -0.25) is 9.59 Å². The lowest BCUT2D eigenvalue weighted by atomic mass is 9.85. The van der Waals surface area contributed by atoms with Gasteiger partial charge in [-0.1, -0.05) is 49.4 Å². The van der Waals surface area contributed by atoms with E-state index in [0.29, 0.717) is 6.42 Å². The lowest BCUT2D eigenvalue weighted by Gasteiger charge is -2.44. The van der Waals surface area contributed by atoms with E-state index in [2.05, 4.69) is 6.92 Å². The summed E-state index contributed by atoms with van der Waals surface area (Å²) in [6.45, 7) is 5.69. The third-order valence-electron chi connectivity index (χ3n) is 6.47. The third kappa shape index (κ3) is 3.95. The third-order valence-corrected chi connectivity index (χ3v) is 6.47. The molecular weight excluding hydrogens is 400 g/mol. The molecule has 0 saturated heterocycles. The van der Waals surface area contributed by atoms with Gasteiger partial charge in [-0.15, -0.1) is 0 Å². The highest BCUT2D eigenvalue weighted by Crippen LogP contribution is 2.43. The summed E-state index contributed by atoms with van der Waals surface area (Å²) in [6, 6.07) is 17.6. The number of carbonyl (C=O) groups is 2. The Labute approximate surface area is 190 Å². The number of para-hydroxylation sites is 2. The van der Waals surface area contributed by atoms with E-state index in [9.17, 15) is 9.59 Å². The Balaban J connectivity index is 1.79.